The van der Waals surface area contributed by atoms with Crippen LogP contribution in [0.5, 0.6) is 0 Å². The minimum atomic E-state index is 0.546. The Bertz CT molecular complexity index is 373. The first kappa shape index (κ1) is 11.3. The molecular formula is C11H18N4OS. The number of hydrogen-bond acceptors (Lipinski definition) is 6. The molecule has 2 fully saturated rings. The maximum atomic E-state index is 5.67. The normalized spacial score (nSPS) is 24.2. The van der Waals surface area contributed by atoms with Gasteiger partial charge in [-0.3, -0.25) is 0 Å². The molecule has 94 valence electrons. The van der Waals surface area contributed by atoms with Gasteiger partial charge in [-0.25, -0.2) is 0 Å². The van der Waals surface area contributed by atoms with Gasteiger partial charge in [0, 0.05) is 24.9 Å². The Morgan fingerprint density at radius 1 is 1.41 bits per heavy atom. The number of hydrogen-bond donors (Lipinski definition) is 1. The Kier molecular flexibility index (Phi) is 3.24. The third-order valence-corrected chi connectivity index (χ3v) is 4.48. The lowest BCUT2D eigenvalue weighted by molar-refractivity contribution is 0.456. The molecule has 0 bridgehead atoms. The van der Waals surface area contributed by atoms with Crippen LogP contribution < -0.4 is 10.2 Å². The van der Waals surface area contributed by atoms with Gasteiger partial charge in [0.15, 0.2) is 0 Å². The molecule has 17 heavy (non-hydrogen) atoms. The van der Waals surface area contributed by atoms with Gasteiger partial charge < -0.3 is 14.6 Å². The first-order chi connectivity index (χ1) is 8.33. The molecule has 3 rings (SSSR count). The number of nitrogens with one attached hydrogen (secondary N) is 1. The largest absolute Gasteiger partial charge is 0.407 e. The number of anilines is 1. The minimum Gasteiger partial charge on any atom is -0.407 e. The lowest BCUT2D eigenvalue weighted by Gasteiger charge is -2.20. The van der Waals surface area contributed by atoms with E-state index in [4.69, 9.17) is 4.42 Å². The molecule has 0 aromatic carbocycles. The van der Waals surface area contributed by atoms with Crippen molar-refractivity contribution in [3.8, 4) is 0 Å². The van der Waals surface area contributed by atoms with Gasteiger partial charge in [-0.05, 0) is 25.0 Å². The fourth-order valence-electron chi connectivity index (χ4n) is 1.96. The Morgan fingerprint density at radius 2 is 2.29 bits per heavy atom. The Balaban J connectivity index is 1.57. The summed E-state index contributed by atoms with van der Waals surface area (Å²) < 4.78 is 5.67. The molecule has 6 heteroatoms. The van der Waals surface area contributed by atoms with Gasteiger partial charge in [0.1, 0.15) is 0 Å². The molecule has 1 saturated carbocycles. The van der Waals surface area contributed by atoms with Crippen molar-refractivity contribution in [2.75, 3.05) is 23.5 Å². The highest BCUT2D eigenvalue weighted by atomic mass is 32.2. The third-order valence-electron chi connectivity index (χ3n) is 3.33. The molecule has 1 aliphatic heterocycles. The molecule has 0 radical (unpaired) electrons. The predicted octanol–water partition coefficient (Wildman–Crippen LogP) is 1.26. The molecule has 2 aliphatic rings. The Labute approximate surface area is 105 Å². The highest BCUT2D eigenvalue weighted by molar-refractivity contribution is 7.99. The van der Waals surface area contributed by atoms with Crippen LogP contribution in [0, 0.1) is 0 Å². The quantitative estimate of drug-likeness (QED) is 0.854. The van der Waals surface area contributed by atoms with Crippen LogP contribution in [-0.4, -0.2) is 40.8 Å². The lowest BCUT2D eigenvalue weighted by atomic mass is 10.2. The third kappa shape index (κ3) is 2.74. The summed E-state index contributed by atoms with van der Waals surface area (Å²) in [4.78, 5) is 2.12. The number of rotatable bonds is 5. The van der Waals surface area contributed by atoms with Crippen molar-refractivity contribution >= 4 is 17.8 Å². The van der Waals surface area contributed by atoms with Crippen molar-refractivity contribution in [1.82, 2.24) is 15.5 Å². The average molecular weight is 254 g/mol. The zero-order valence-corrected chi connectivity index (χ0v) is 10.9. The number of nitrogens with zero attached hydrogens (tertiary/aromatic N) is 3. The smallest absolute Gasteiger partial charge is 0.318 e. The number of thioether (sulfide) groups is 1. The first-order valence-corrected chi connectivity index (χ1v) is 7.35. The Morgan fingerprint density at radius 3 is 3.00 bits per heavy atom. The van der Waals surface area contributed by atoms with Gasteiger partial charge in [-0.2, -0.15) is 11.8 Å². The van der Waals surface area contributed by atoms with E-state index in [1.807, 2.05) is 18.8 Å². The Hall–Kier alpha value is -0.750. The maximum absolute atomic E-state index is 5.67. The second-order valence-electron chi connectivity index (χ2n) is 4.76. The topological polar surface area (TPSA) is 54.2 Å². The maximum Gasteiger partial charge on any atom is 0.318 e. The van der Waals surface area contributed by atoms with Crippen molar-refractivity contribution in [3.05, 3.63) is 5.89 Å². The van der Waals surface area contributed by atoms with E-state index in [1.165, 1.54) is 25.0 Å². The predicted molar refractivity (Wildman–Crippen MR) is 68.3 cm³/mol. The molecule has 1 unspecified atom stereocenters. The van der Waals surface area contributed by atoms with Crippen molar-refractivity contribution in [2.45, 2.75) is 37.9 Å². The molecule has 0 amide bonds. The number of aromatic nitrogens is 2. The van der Waals surface area contributed by atoms with Gasteiger partial charge in [-0.1, -0.05) is 5.10 Å². The SMILES string of the molecule is CN(c1nnc(CNC2CC2)o1)C1CCSC1. The summed E-state index contributed by atoms with van der Waals surface area (Å²) >= 11 is 1.99. The van der Waals surface area contributed by atoms with Gasteiger partial charge in [0.25, 0.3) is 0 Å². The van der Waals surface area contributed by atoms with Crippen LogP contribution in [0.25, 0.3) is 0 Å². The molecule has 1 aliphatic carbocycles. The standard InChI is InChI=1S/C11H18N4OS/c1-15(9-4-5-17-7-9)11-14-13-10(16-11)6-12-8-2-3-8/h8-9,12H,2-7H2,1H3. The second kappa shape index (κ2) is 4.86. The summed E-state index contributed by atoms with van der Waals surface area (Å²) in [6.07, 6.45) is 3.76. The van der Waals surface area contributed by atoms with Gasteiger partial charge in [-0.15, -0.1) is 5.10 Å². The van der Waals surface area contributed by atoms with Crippen LogP contribution in [0.3, 0.4) is 0 Å². The van der Waals surface area contributed by atoms with E-state index >= 15 is 0 Å². The summed E-state index contributed by atoms with van der Waals surface area (Å²) in [5.41, 5.74) is 0. The van der Waals surface area contributed by atoms with Crippen LogP contribution in [0.2, 0.25) is 0 Å². The summed E-state index contributed by atoms with van der Waals surface area (Å²) in [6, 6.07) is 1.88. The zero-order valence-electron chi connectivity index (χ0n) is 10.1. The van der Waals surface area contributed by atoms with Crippen molar-refractivity contribution in [2.24, 2.45) is 0 Å². The van der Waals surface area contributed by atoms with Crippen LogP contribution >= 0.6 is 11.8 Å². The molecule has 1 aromatic rings. The van der Waals surface area contributed by atoms with Crippen molar-refractivity contribution < 1.29 is 4.42 Å². The molecule has 1 aromatic heterocycles. The van der Waals surface area contributed by atoms with Crippen LogP contribution in [0.1, 0.15) is 25.2 Å². The van der Waals surface area contributed by atoms with E-state index < -0.39 is 0 Å². The summed E-state index contributed by atoms with van der Waals surface area (Å²) in [5.74, 6) is 3.10. The molecular weight excluding hydrogens is 236 g/mol. The highest BCUT2D eigenvalue weighted by Crippen LogP contribution is 2.25. The molecule has 1 atom stereocenters. The highest BCUT2D eigenvalue weighted by Gasteiger charge is 2.25. The summed E-state index contributed by atoms with van der Waals surface area (Å²) in [5, 5.41) is 11.6. The van der Waals surface area contributed by atoms with Crippen LogP contribution in [0.4, 0.5) is 6.01 Å². The van der Waals surface area contributed by atoms with E-state index in [0.717, 1.165) is 5.75 Å². The van der Waals surface area contributed by atoms with E-state index in [9.17, 15) is 0 Å². The van der Waals surface area contributed by atoms with Crippen LogP contribution in [-0.2, 0) is 6.54 Å². The van der Waals surface area contributed by atoms with Gasteiger partial charge in [0.2, 0.25) is 5.89 Å². The molecule has 2 heterocycles. The van der Waals surface area contributed by atoms with Crippen molar-refractivity contribution in [1.29, 1.82) is 0 Å². The minimum absolute atomic E-state index is 0.546. The zero-order chi connectivity index (χ0) is 11.7. The fraction of sp³-hybridized carbons (Fsp3) is 0.818. The van der Waals surface area contributed by atoms with E-state index in [2.05, 4.69) is 20.4 Å². The average Bonchev–Trinajstić information content (AvgIpc) is 2.86. The first-order valence-electron chi connectivity index (χ1n) is 6.19. The fourth-order valence-corrected chi connectivity index (χ4v) is 3.23. The summed E-state index contributed by atoms with van der Waals surface area (Å²) in [6.45, 7) is 0.699. The van der Waals surface area contributed by atoms with Gasteiger partial charge in [0.05, 0.1) is 6.54 Å². The lowest BCUT2D eigenvalue weighted by Crippen LogP contribution is -2.31. The van der Waals surface area contributed by atoms with E-state index in [0.29, 0.717) is 30.5 Å². The second-order valence-corrected chi connectivity index (χ2v) is 5.91. The van der Waals surface area contributed by atoms with E-state index in [-0.39, 0.29) is 0 Å². The molecule has 1 N–H and O–H groups in total. The van der Waals surface area contributed by atoms with Gasteiger partial charge >= 0.3 is 6.01 Å². The summed E-state index contributed by atoms with van der Waals surface area (Å²) in [7, 11) is 2.04. The molecule has 0 spiro atoms. The van der Waals surface area contributed by atoms with E-state index in [1.54, 1.807) is 0 Å². The molecule has 5 nitrogen and oxygen atoms in total. The monoisotopic (exact) mass is 254 g/mol. The van der Waals surface area contributed by atoms with Crippen molar-refractivity contribution in [3.63, 3.8) is 0 Å². The molecule has 1 saturated heterocycles. The van der Waals surface area contributed by atoms with Crippen LogP contribution in [0.15, 0.2) is 4.42 Å².